The first-order chi connectivity index (χ1) is 13.9. The summed E-state index contributed by atoms with van der Waals surface area (Å²) in [5, 5.41) is 2.73. The van der Waals surface area contributed by atoms with Gasteiger partial charge in [0, 0.05) is 12.3 Å². The van der Waals surface area contributed by atoms with Gasteiger partial charge in [-0.15, -0.1) is 11.3 Å². The number of nitrogens with zero attached hydrogens (tertiary/aromatic N) is 3. The first kappa shape index (κ1) is 21.3. The van der Waals surface area contributed by atoms with Crippen molar-refractivity contribution in [3.05, 3.63) is 40.4 Å². The fourth-order valence-corrected chi connectivity index (χ4v) is 4.40. The number of aromatic nitrogens is 1. The largest absolute Gasteiger partial charge is 0.450 e. The van der Waals surface area contributed by atoms with Crippen LogP contribution in [-0.4, -0.2) is 54.7 Å². The van der Waals surface area contributed by atoms with E-state index in [1.54, 1.807) is 16.7 Å². The van der Waals surface area contributed by atoms with Crippen LogP contribution in [-0.2, 0) is 16.1 Å². The molecule has 2 aromatic rings. The highest BCUT2D eigenvalue weighted by Gasteiger charge is 2.26. The Morgan fingerprint density at radius 3 is 2.66 bits per heavy atom. The number of hydrogen-bond donors (Lipinski definition) is 1. The highest BCUT2D eigenvalue weighted by Crippen LogP contribution is 2.32. The molecule has 0 bridgehead atoms. The van der Waals surface area contributed by atoms with Gasteiger partial charge in [-0.1, -0.05) is 12.1 Å². The molecule has 0 radical (unpaired) electrons. The Hall–Kier alpha value is -2.45. The van der Waals surface area contributed by atoms with Crippen LogP contribution in [0.5, 0.6) is 0 Å². The summed E-state index contributed by atoms with van der Waals surface area (Å²) in [5.74, 6) is -0.0463. The molecule has 1 aromatic heterocycles. The molecule has 8 heteroatoms. The van der Waals surface area contributed by atoms with Crippen molar-refractivity contribution in [2.45, 2.75) is 34.2 Å². The Morgan fingerprint density at radius 2 is 2.00 bits per heavy atom. The van der Waals surface area contributed by atoms with Gasteiger partial charge >= 0.3 is 6.09 Å². The van der Waals surface area contributed by atoms with Crippen molar-refractivity contribution in [2.75, 3.05) is 37.7 Å². The molecule has 2 amide bonds. The molecule has 1 fully saturated rings. The third-order valence-corrected chi connectivity index (χ3v) is 6.17. The summed E-state index contributed by atoms with van der Waals surface area (Å²) < 4.78 is 5.08. The standard InChI is InChI=1S/C21H28N4O3S/c1-5-28-21(27)24-11-9-23(10-12-24)13-18-14-29-20(22-18)25(17(4)26)19-8-6-7-15(2)16(19)3/h6-8,14H,5,9-13H2,1-4H3/p+1. The number of quaternary nitrogens is 1. The highest BCUT2D eigenvalue weighted by molar-refractivity contribution is 7.14. The number of carbonyl (C=O) groups excluding carboxylic acids is 2. The fraction of sp³-hybridized carbons (Fsp3) is 0.476. The number of anilines is 2. The van der Waals surface area contributed by atoms with E-state index in [0.29, 0.717) is 24.8 Å². The van der Waals surface area contributed by atoms with Crippen molar-refractivity contribution in [3.8, 4) is 0 Å². The van der Waals surface area contributed by atoms with Crippen LogP contribution < -0.4 is 9.80 Å². The second-order valence-electron chi connectivity index (χ2n) is 7.31. The van der Waals surface area contributed by atoms with Crippen LogP contribution in [0.3, 0.4) is 0 Å². The van der Waals surface area contributed by atoms with Crippen molar-refractivity contribution in [1.82, 2.24) is 9.88 Å². The zero-order valence-corrected chi connectivity index (χ0v) is 18.3. The molecule has 0 atom stereocenters. The van der Waals surface area contributed by atoms with Gasteiger partial charge in [0.15, 0.2) is 5.13 Å². The van der Waals surface area contributed by atoms with Crippen LogP contribution >= 0.6 is 11.3 Å². The normalized spacial score (nSPS) is 14.7. The molecule has 1 N–H and O–H groups in total. The minimum atomic E-state index is -0.229. The van der Waals surface area contributed by atoms with E-state index in [0.717, 1.165) is 42.1 Å². The average Bonchev–Trinajstić information content (AvgIpc) is 3.13. The number of hydrogen-bond acceptors (Lipinski definition) is 5. The van der Waals surface area contributed by atoms with Gasteiger partial charge < -0.3 is 9.64 Å². The van der Waals surface area contributed by atoms with Crippen LogP contribution in [0.4, 0.5) is 15.6 Å². The minimum absolute atomic E-state index is 0.0463. The molecule has 3 rings (SSSR count). The molecule has 0 unspecified atom stereocenters. The van der Waals surface area contributed by atoms with E-state index in [9.17, 15) is 9.59 Å². The first-order valence-corrected chi connectivity index (χ1v) is 10.8. The summed E-state index contributed by atoms with van der Waals surface area (Å²) >= 11 is 1.49. The van der Waals surface area contributed by atoms with Crippen molar-refractivity contribution >= 4 is 34.2 Å². The van der Waals surface area contributed by atoms with Crippen LogP contribution in [0.15, 0.2) is 23.6 Å². The maximum Gasteiger partial charge on any atom is 0.410 e. The Kier molecular flexibility index (Phi) is 6.87. The second-order valence-corrected chi connectivity index (χ2v) is 8.14. The van der Waals surface area contributed by atoms with Gasteiger partial charge in [-0.3, -0.25) is 14.6 Å². The fourth-order valence-electron chi connectivity index (χ4n) is 3.52. The average molecular weight is 418 g/mol. The van der Waals surface area contributed by atoms with Gasteiger partial charge in [-0.2, -0.15) is 0 Å². The first-order valence-electron chi connectivity index (χ1n) is 9.97. The molecule has 1 aromatic carbocycles. The topological polar surface area (TPSA) is 67.2 Å². The van der Waals surface area contributed by atoms with Crippen molar-refractivity contribution < 1.29 is 19.2 Å². The van der Waals surface area contributed by atoms with Crippen molar-refractivity contribution in [3.63, 3.8) is 0 Å². The lowest BCUT2D eigenvalue weighted by molar-refractivity contribution is -0.917. The lowest BCUT2D eigenvalue weighted by atomic mass is 10.1. The van der Waals surface area contributed by atoms with E-state index in [4.69, 9.17) is 9.72 Å². The molecule has 156 valence electrons. The smallest absolute Gasteiger partial charge is 0.410 e. The summed E-state index contributed by atoms with van der Waals surface area (Å²) in [6, 6.07) is 5.98. The van der Waals surface area contributed by atoms with Gasteiger partial charge in [0.05, 0.1) is 38.5 Å². The van der Waals surface area contributed by atoms with E-state index in [2.05, 4.69) is 0 Å². The molecule has 1 aliphatic heterocycles. The molecule has 7 nitrogen and oxygen atoms in total. The lowest BCUT2D eigenvalue weighted by Crippen LogP contribution is -3.13. The minimum Gasteiger partial charge on any atom is -0.450 e. The van der Waals surface area contributed by atoms with E-state index in [1.807, 2.05) is 44.4 Å². The van der Waals surface area contributed by atoms with E-state index in [-0.39, 0.29) is 12.0 Å². The van der Waals surface area contributed by atoms with Crippen molar-refractivity contribution in [2.24, 2.45) is 0 Å². The highest BCUT2D eigenvalue weighted by atomic mass is 32.1. The Morgan fingerprint density at radius 1 is 1.28 bits per heavy atom. The van der Waals surface area contributed by atoms with Gasteiger partial charge in [0.1, 0.15) is 12.2 Å². The third kappa shape index (κ3) is 4.94. The molecular weight excluding hydrogens is 388 g/mol. The predicted octanol–water partition coefficient (Wildman–Crippen LogP) is 2.30. The monoisotopic (exact) mass is 417 g/mol. The number of nitrogens with one attached hydrogen (secondary N) is 1. The Labute approximate surface area is 175 Å². The molecule has 1 aliphatic rings. The number of piperazine rings is 1. The number of thiazole rings is 1. The molecule has 2 heterocycles. The van der Waals surface area contributed by atoms with Crippen LogP contribution in [0.25, 0.3) is 0 Å². The number of carbonyl (C=O) groups is 2. The maximum absolute atomic E-state index is 12.4. The van der Waals surface area contributed by atoms with E-state index < -0.39 is 0 Å². The summed E-state index contributed by atoms with van der Waals surface area (Å²) in [7, 11) is 0. The lowest BCUT2D eigenvalue weighted by Gasteiger charge is -2.31. The number of benzene rings is 1. The molecular formula is C21H29N4O3S+. The molecule has 29 heavy (non-hydrogen) atoms. The number of ether oxygens (including phenoxy) is 1. The number of amides is 2. The summed E-state index contributed by atoms with van der Waals surface area (Å²) in [5.41, 5.74) is 4.09. The van der Waals surface area contributed by atoms with Gasteiger partial charge in [-0.05, 0) is 38.0 Å². The summed E-state index contributed by atoms with van der Waals surface area (Å²) in [6.07, 6.45) is -0.229. The molecule has 0 aliphatic carbocycles. The Balaban J connectivity index is 1.68. The Bertz CT molecular complexity index is 875. The summed E-state index contributed by atoms with van der Waals surface area (Å²) in [4.78, 5) is 33.8. The van der Waals surface area contributed by atoms with E-state index in [1.165, 1.54) is 16.2 Å². The van der Waals surface area contributed by atoms with Crippen LogP contribution in [0.2, 0.25) is 0 Å². The second kappa shape index (κ2) is 9.37. The van der Waals surface area contributed by atoms with E-state index >= 15 is 0 Å². The third-order valence-electron chi connectivity index (χ3n) is 5.29. The van der Waals surface area contributed by atoms with Crippen LogP contribution in [0.1, 0.15) is 30.7 Å². The number of aryl methyl sites for hydroxylation is 1. The molecule has 0 saturated carbocycles. The molecule has 1 saturated heterocycles. The maximum atomic E-state index is 12.4. The van der Waals surface area contributed by atoms with Gasteiger partial charge in [0.2, 0.25) is 5.91 Å². The van der Waals surface area contributed by atoms with Crippen molar-refractivity contribution in [1.29, 1.82) is 0 Å². The van der Waals surface area contributed by atoms with Gasteiger partial charge in [0.25, 0.3) is 0 Å². The zero-order chi connectivity index (χ0) is 21.0. The van der Waals surface area contributed by atoms with Crippen LogP contribution in [0, 0.1) is 13.8 Å². The summed E-state index contributed by atoms with van der Waals surface area (Å²) in [6.45, 7) is 11.8. The zero-order valence-electron chi connectivity index (χ0n) is 17.5. The number of rotatable bonds is 5. The quantitative estimate of drug-likeness (QED) is 0.811. The SMILES string of the molecule is CCOC(=O)N1CC[NH+](Cc2csc(N(C(C)=O)c3cccc(C)c3C)n2)CC1. The van der Waals surface area contributed by atoms with Gasteiger partial charge in [-0.25, -0.2) is 9.78 Å². The predicted molar refractivity (Wildman–Crippen MR) is 114 cm³/mol. The molecule has 0 spiro atoms.